The van der Waals surface area contributed by atoms with Gasteiger partial charge in [-0.2, -0.15) is 13.2 Å². The van der Waals surface area contributed by atoms with Crippen molar-refractivity contribution in [3.05, 3.63) is 47.8 Å². The third kappa shape index (κ3) is 3.94. The zero-order valence-corrected chi connectivity index (χ0v) is 11.7. The lowest BCUT2D eigenvalue weighted by molar-refractivity contribution is -0.140. The largest absolute Gasteiger partial charge is 0.390 e. The molecule has 0 amide bonds. The Bertz CT molecular complexity index is 607. The first-order valence-electron chi connectivity index (χ1n) is 6.89. The van der Waals surface area contributed by atoms with E-state index in [4.69, 9.17) is 0 Å². The maximum absolute atomic E-state index is 13.8. The van der Waals surface area contributed by atoms with E-state index >= 15 is 0 Å². The lowest BCUT2D eigenvalue weighted by Gasteiger charge is -2.22. The van der Waals surface area contributed by atoms with Gasteiger partial charge in [-0.25, -0.2) is 4.39 Å². The Hall–Kier alpha value is -1.62. The van der Waals surface area contributed by atoms with Gasteiger partial charge in [0.05, 0.1) is 6.42 Å². The molecular weight excluding hydrogens is 282 g/mol. The highest BCUT2D eigenvalue weighted by atomic mass is 19.4. The highest BCUT2D eigenvalue weighted by Crippen LogP contribution is 2.33. The summed E-state index contributed by atoms with van der Waals surface area (Å²) in [5.74, 6) is -0.421. The van der Waals surface area contributed by atoms with Gasteiger partial charge in [0.25, 0.3) is 0 Å². The molecule has 2 aromatic carbocycles. The van der Waals surface area contributed by atoms with Gasteiger partial charge in [0.15, 0.2) is 0 Å². The van der Waals surface area contributed by atoms with E-state index in [1.54, 1.807) is 24.3 Å². The van der Waals surface area contributed by atoms with E-state index in [0.717, 1.165) is 6.42 Å². The van der Waals surface area contributed by atoms with Crippen molar-refractivity contribution in [1.82, 2.24) is 5.32 Å². The van der Waals surface area contributed by atoms with Crippen molar-refractivity contribution >= 4 is 10.8 Å². The van der Waals surface area contributed by atoms with E-state index in [1.165, 1.54) is 12.1 Å². The van der Waals surface area contributed by atoms with Crippen LogP contribution in [0.2, 0.25) is 0 Å². The maximum atomic E-state index is 13.8. The van der Waals surface area contributed by atoms with E-state index in [-0.39, 0.29) is 0 Å². The Morgan fingerprint density at radius 3 is 2.33 bits per heavy atom. The number of hydrogen-bond acceptors (Lipinski definition) is 1. The van der Waals surface area contributed by atoms with Gasteiger partial charge in [-0.15, -0.1) is 0 Å². The van der Waals surface area contributed by atoms with Gasteiger partial charge in [-0.05, 0) is 30.0 Å². The Labute approximate surface area is 121 Å². The summed E-state index contributed by atoms with van der Waals surface area (Å²) in [6, 6.07) is 8.42. The van der Waals surface area contributed by atoms with Crippen molar-refractivity contribution in [2.45, 2.75) is 32.0 Å². The number of nitrogens with one attached hydrogen (secondary N) is 1. The molecule has 0 aliphatic carbocycles. The fraction of sp³-hybridized carbons (Fsp3) is 0.375. The van der Waals surface area contributed by atoms with Gasteiger partial charge in [0.2, 0.25) is 0 Å². The fourth-order valence-corrected chi connectivity index (χ4v) is 2.43. The van der Waals surface area contributed by atoms with Crippen LogP contribution in [0, 0.1) is 5.82 Å². The van der Waals surface area contributed by atoms with Gasteiger partial charge in [0, 0.05) is 11.4 Å². The van der Waals surface area contributed by atoms with Crippen LogP contribution in [0.25, 0.3) is 10.8 Å². The first-order chi connectivity index (χ1) is 9.92. The Morgan fingerprint density at radius 2 is 1.71 bits per heavy atom. The summed E-state index contributed by atoms with van der Waals surface area (Å²) in [4.78, 5) is 0. The summed E-state index contributed by atoms with van der Waals surface area (Å²) in [5, 5.41) is 3.78. The van der Waals surface area contributed by atoms with Gasteiger partial charge >= 0.3 is 6.18 Å². The molecule has 1 N–H and O–H groups in total. The minimum absolute atomic E-state index is 0.348. The lowest BCUT2D eigenvalue weighted by Crippen LogP contribution is -2.27. The van der Waals surface area contributed by atoms with Crippen LogP contribution in [-0.2, 0) is 0 Å². The monoisotopic (exact) mass is 299 g/mol. The molecule has 21 heavy (non-hydrogen) atoms. The summed E-state index contributed by atoms with van der Waals surface area (Å²) < 4.78 is 52.1. The van der Waals surface area contributed by atoms with Gasteiger partial charge < -0.3 is 5.32 Å². The van der Waals surface area contributed by atoms with E-state index in [2.05, 4.69) is 5.32 Å². The lowest BCUT2D eigenvalue weighted by atomic mass is 9.96. The highest BCUT2D eigenvalue weighted by Gasteiger charge is 2.33. The van der Waals surface area contributed by atoms with Crippen molar-refractivity contribution in [3.8, 4) is 0 Å². The quantitative estimate of drug-likeness (QED) is 0.768. The second kappa shape index (κ2) is 6.43. The van der Waals surface area contributed by atoms with Crippen LogP contribution in [0.5, 0.6) is 0 Å². The minimum Gasteiger partial charge on any atom is -0.310 e. The number of hydrogen-bond donors (Lipinski definition) is 1. The van der Waals surface area contributed by atoms with Crippen LogP contribution in [0.4, 0.5) is 17.6 Å². The fourth-order valence-electron chi connectivity index (χ4n) is 2.43. The zero-order valence-electron chi connectivity index (χ0n) is 11.7. The molecule has 0 radical (unpaired) electrons. The van der Waals surface area contributed by atoms with Gasteiger partial charge in [0.1, 0.15) is 5.82 Å². The number of fused-ring (bicyclic) bond motifs is 1. The smallest absolute Gasteiger partial charge is 0.310 e. The van der Waals surface area contributed by atoms with Crippen LogP contribution >= 0.6 is 0 Å². The van der Waals surface area contributed by atoms with Crippen molar-refractivity contribution < 1.29 is 17.6 Å². The van der Waals surface area contributed by atoms with E-state index in [1.807, 2.05) is 6.92 Å². The molecule has 2 aromatic rings. The van der Waals surface area contributed by atoms with Crippen LogP contribution in [-0.4, -0.2) is 12.7 Å². The van der Waals surface area contributed by atoms with Crippen LogP contribution in [0.15, 0.2) is 36.4 Å². The zero-order chi connectivity index (χ0) is 15.5. The number of rotatable bonds is 5. The van der Waals surface area contributed by atoms with Gasteiger partial charge in [-0.1, -0.05) is 37.3 Å². The molecule has 5 heteroatoms. The van der Waals surface area contributed by atoms with Crippen LogP contribution < -0.4 is 5.32 Å². The van der Waals surface area contributed by atoms with Crippen molar-refractivity contribution in [2.75, 3.05) is 6.54 Å². The number of alkyl halides is 3. The molecule has 0 heterocycles. The third-order valence-electron chi connectivity index (χ3n) is 3.36. The molecule has 0 fully saturated rings. The minimum atomic E-state index is -4.28. The number of halogens is 4. The predicted molar refractivity (Wildman–Crippen MR) is 75.6 cm³/mol. The summed E-state index contributed by atoms with van der Waals surface area (Å²) in [7, 11) is 0. The van der Waals surface area contributed by atoms with Gasteiger partial charge in [-0.3, -0.25) is 0 Å². The Kier molecular flexibility index (Phi) is 4.83. The SMILES string of the molecule is CCCNC(CC(F)(F)F)c1ccc(F)c2ccccc12. The molecule has 0 spiro atoms. The molecule has 0 saturated carbocycles. The number of benzene rings is 2. The van der Waals surface area contributed by atoms with Crippen molar-refractivity contribution in [1.29, 1.82) is 0 Å². The molecule has 0 aromatic heterocycles. The normalized spacial score (nSPS) is 13.6. The van der Waals surface area contributed by atoms with Crippen LogP contribution in [0.1, 0.15) is 31.4 Å². The molecule has 114 valence electrons. The summed E-state index contributed by atoms with van der Waals surface area (Å²) >= 11 is 0. The van der Waals surface area contributed by atoms with Crippen molar-refractivity contribution in [2.24, 2.45) is 0 Å². The van der Waals surface area contributed by atoms with Crippen LogP contribution in [0.3, 0.4) is 0 Å². The molecule has 0 bridgehead atoms. The second-order valence-electron chi connectivity index (χ2n) is 5.01. The molecule has 1 nitrogen and oxygen atoms in total. The molecule has 1 atom stereocenters. The average molecular weight is 299 g/mol. The van der Waals surface area contributed by atoms with Crippen molar-refractivity contribution in [3.63, 3.8) is 0 Å². The Morgan fingerprint density at radius 1 is 1.05 bits per heavy atom. The second-order valence-corrected chi connectivity index (χ2v) is 5.01. The van der Waals surface area contributed by atoms with E-state index < -0.39 is 24.5 Å². The molecule has 0 aliphatic heterocycles. The highest BCUT2D eigenvalue weighted by molar-refractivity contribution is 5.86. The topological polar surface area (TPSA) is 12.0 Å². The first-order valence-corrected chi connectivity index (χ1v) is 6.89. The first kappa shape index (κ1) is 15.8. The van der Waals surface area contributed by atoms with E-state index in [9.17, 15) is 17.6 Å². The molecule has 2 rings (SSSR count). The average Bonchev–Trinajstić information content (AvgIpc) is 2.43. The molecular formula is C16H17F4N. The third-order valence-corrected chi connectivity index (χ3v) is 3.36. The summed E-state index contributed by atoms with van der Waals surface area (Å²) in [6.07, 6.45) is -4.52. The summed E-state index contributed by atoms with van der Waals surface area (Å²) in [6.45, 7) is 2.37. The predicted octanol–water partition coefficient (Wildman–Crippen LogP) is 4.97. The Balaban J connectivity index is 2.46. The maximum Gasteiger partial charge on any atom is 0.390 e. The molecule has 0 saturated heterocycles. The summed E-state index contributed by atoms with van der Waals surface area (Å²) in [5.41, 5.74) is 0.484. The molecule has 1 unspecified atom stereocenters. The van der Waals surface area contributed by atoms with E-state index in [0.29, 0.717) is 22.9 Å². The standard InChI is InChI=1S/C16H17F4N/c1-2-9-21-15(10-16(18,19)20)13-7-8-14(17)12-6-4-3-5-11(12)13/h3-8,15,21H,2,9-10H2,1H3. The molecule has 0 aliphatic rings.